The molecule has 2 aromatic heterocycles. The monoisotopic (exact) mass is 534 g/mol. The van der Waals surface area contributed by atoms with E-state index in [0.29, 0.717) is 28.6 Å². The quantitative estimate of drug-likeness (QED) is 0.323. The van der Waals surface area contributed by atoms with Crippen molar-refractivity contribution in [2.75, 3.05) is 44.1 Å². The van der Waals surface area contributed by atoms with E-state index >= 15 is 4.39 Å². The normalized spacial score (nSPS) is 18.5. The number of pyridine rings is 1. The molecule has 1 amide bonds. The third kappa shape index (κ3) is 4.38. The van der Waals surface area contributed by atoms with Crippen LogP contribution in [-0.4, -0.2) is 57.1 Å². The summed E-state index contributed by atoms with van der Waals surface area (Å²) in [6, 6.07) is 13.1. The number of aromatic nitrogens is 1. The molecule has 2 aliphatic heterocycles. The molecule has 38 heavy (non-hydrogen) atoms. The van der Waals surface area contributed by atoms with Gasteiger partial charge in [-0.25, -0.2) is 9.37 Å². The standard InChI is InChI=1S/C29H31FN4O3S/c1-16-15-31-26-25-19-5-7-23(33-22(19)8-9-24(25)38-27(26)28(35)32-16)20-14-18(4-6-21(20)30)34-12-10-17(11-13-34)29(36-2)37-3/h4-9,14,16-17,29,31H,10-13,15H2,1-3H3,(H,32,35)/t16-/m1/s1. The second-order valence-corrected chi connectivity index (χ2v) is 11.1. The molecule has 0 bridgehead atoms. The van der Waals surface area contributed by atoms with Gasteiger partial charge in [0.15, 0.2) is 6.29 Å². The van der Waals surface area contributed by atoms with Crippen molar-refractivity contribution in [2.24, 2.45) is 5.92 Å². The van der Waals surface area contributed by atoms with Gasteiger partial charge in [0.25, 0.3) is 5.91 Å². The predicted octanol–water partition coefficient (Wildman–Crippen LogP) is 5.63. The highest BCUT2D eigenvalue weighted by molar-refractivity contribution is 7.21. The van der Waals surface area contributed by atoms with Gasteiger partial charge >= 0.3 is 0 Å². The Labute approximate surface area is 224 Å². The Morgan fingerprint density at radius 3 is 2.66 bits per heavy atom. The van der Waals surface area contributed by atoms with Crippen LogP contribution in [0.4, 0.5) is 15.8 Å². The molecule has 9 heteroatoms. The molecule has 0 radical (unpaired) electrons. The number of rotatable bonds is 5. The number of benzene rings is 2. The van der Waals surface area contributed by atoms with Gasteiger partial charge in [0.05, 0.1) is 16.9 Å². The van der Waals surface area contributed by atoms with E-state index in [1.807, 2.05) is 43.3 Å². The highest BCUT2D eigenvalue weighted by Gasteiger charge is 2.28. The minimum atomic E-state index is -0.299. The number of carbonyl (C=O) groups excluding carboxylic acids is 1. The second-order valence-electron chi connectivity index (χ2n) is 10.1. The van der Waals surface area contributed by atoms with E-state index in [1.54, 1.807) is 14.2 Å². The highest BCUT2D eigenvalue weighted by Crippen LogP contribution is 2.41. The van der Waals surface area contributed by atoms with Gasteiger partial charge in [-0.1, -0.05) is 0 Å². The van der Waals surface area contributed by atoms with Crippen LogP contribution in [0.25, 0.3) is 32.2 Å². The molecule has 1 saturated heterocycles. The number of methoxy groups -OCH3 is 2. The van der Waals surface area contributed by atoms with E-state index in [0.717, 1.165) is 58.3 Å². The summed E-state index contributed by atoms with van der Waals surface area (Å²) in [5.41, 5.74) is 3.68. The summed E-state index contributed by atoms with van der Waals surface area (Å²) in [7, 11) is 3.35. The van der Waals surface area contributed by atoms with E-state index in [2.05, 4.69) is 15.5 Å². The van der Waals surface area contributed by atoms with Gasteiger partial charge < -0.3 is 25.0 Å². The first-order chi connectivity index (χ1) is 18.5. The summed E-state index contributed by atoms with van der Waals surface area (Å²) in [5, 5.41) is 8.42. The van der Waals surface area contributed by atoms with Gasteiger partial charge in [0, 0.05) is 72.5 Å². The summed E-state index contributed by atoms with van der Waals surface area (Å²) >= 11 is 1.48. The van der Waals surface area contributed by atoms with Crippen LogP contribution in [0.5, 0.6) is 0 Å². The summed E-state index contributed by atoms with van der Waals surface area (Å²) in [6.07, 6.45) is 1.69. The predicted molar refractivity (Wildman–Crippen MR) is 151 cm³/mol. The first-order valence-electron chi connectivity index (χ1n) is 13.0. The van der Waals surface area contributed by atoms with E-state index in [9.17, 15) is 4.79 Å². The molecule has 7 nitrogen and oxygen atoms in total. The average Bonchev–Trinajstić information content (AvgIpc) is 3.26. The number of carbonyl (C=O) groups is 1. The molecule has 1 fully saturated rings. The van der Waals surface area contributed by atoms with E-state index < -0.39 is 0 Å². The van der Waals surface area contributed by atoms with Gasteiger partial charge in [-0.15, -0.1) is 11.3 Å². The molecule has 0 saturated carbocycles. The lowest BCUT2D eigenvalue weighted by atomic mass is 9.95. The molecular formula is C29H31FN4O3S. The summed E-state index contributed by atoms with van der Waals surface area (Å²) < 4.78 is 27.0. The van der Waals surface area contributed by atoms with Crippen LogP contribution < -0.4 is 15.5 Å². The van der Waals surface area contributed by atoms with Crippen LogP contribution in [0.15, 0.2) is 42.5 Å². The van der Waals surface area contributed by atoms with Gasteiger partial charge in [-0.3, -0.25) is 4.79 Å². The molecule has 4 aromatic rings. The third-order valence-corrected chi connectivity index (χ3v) is 8.82. The van der Waals surface area contributed by atoms with Gasteiger partial charge in [0.2, 0.25) is 0 Å². The lowest BCUT2D eigenvalue weighted by Crippen LogP contribution is -2.39. The van der Waals surface area contributed by atoms with Gasteiger partial charge in [-0.2, -0.15) is 0 Å². The number of piperidine rings is 1. The number of nitrogens with one attached hydrogen (secondary N) is 2. The van der Waals surface area contributed by atoms with E-state index in [1.165, 1.54) is 17.4 Å². The van der Waals surface area contributed by atoms with Crippen molar-refractivity contribution in [1.29, 1.82) is 0 Å². The third-order valence-electron chi connectivity index (χ3n) is 7.67. The van der Waals surface area contributed by atoms with Crippen molar-refractivity contribution in [3.63, 3.8) is 0 Å². The first kappa shape index (κ1) is 25.0. The molecule has 198 valence electrons. The Morgan fingerprint density at radius 2 is 1.89 bits per heavy atom. The van der Waals surface area contributed by atoms with E-state index in [-0.39, 0.29) is 24.1 Å². The zero-order valence-electron chi connectivity index (χ0n) is 21.7. The first-order valence-corrected chi connectivity index (χ1v) is 13.8. The van der Waals surface area contributed by atoms with Crippen molar-refractivity contribution in [1.82, 2.24) is 10.3 Å². The van der Waals surface area contributed by atoms with Crippen molar-refractivity contribution >= 4 is 49.6 Å². The maximum atomic E-state index is 15.1. The number of anilines is 2. The smallest absolute Gasteiger partial charge is 0.263 e. The fraction of sp³-hybridized carbons (Fsp3) is 0.379. The minimum Gasteiger partial charge on any atom is -0.381 e. The lowest BCUT2D eigenvalue weighted by molar-refractivity contribution is -0.141. The molecule has 2 N–H and O–H groups in total. The van der Waals surface area contributed by atoms with E-state index in [4.69, 9.17) is 14.5 Å². The molecule has 2 aliphatic rings. The largest absolute Gasteiger partial charge is 0.381 e. The average molecular weight is 535 g/mol. The second kappa shape index (κ2) is 10.1. The Bertz CT molecular complexity index is 1510. The highest BCUT2D eigenvalue weighted by atomic mass is 32.1. The maximum absolute atomic E-state index is 15.1. The van der Waals surface area contributed by atoms with Crippen LogP contribution in [0.3, 0.4) is 0 Å². The van der Waals surface area contributed by atoms with Crippen LogP contribution >= 0.6 is 11.3 Å². The fourth-order valence-corrected chi connectivity index (χ4v) is 6.79. The number of ether oxygens (including phenoxy) is 2. The number of halogens is 1. The van der Waals surface area contributed by atoms with Crippen LogP contribution in [0.2, 0.25) is 0 Å². The number of thiophene rings is 1. The maximum Gasteiger partial charge on any atom is 0.263 e. The minimum absolute atomic E-state index is 0.0410. The molecule has 0 unspecified atom stereocenters. The summed E-state index contributed by atoms with van der Waals surface area (Å²) in [4.78, 5) is 20.6. The molecule has 6 rings (SSSR count). The number of amides is 1. The van der Waals surface area contributed by atoms with Crippen LogP contribution in [-0.2, 0) is 9.47 Å². The number of hydrogen-bond acceptors (Lipinski definition) is 7. The topological polar surface area (TPSA) is 75.7 Å². The lowest BCUT2D eigenvalue weighted by Gasteiger charge is -2.36. The SMILES string of the molecule is COC(OC)C1CCN(c2ccc(F)c(-c3ccc4c(ccc5sc6c(c54)NC[C@@H](C)NC6=O)n3)c2)CC1. The Kier molecular flexibility index (Phi) is 6.67. The molecule has 0 spiro atoms. The summed E-state index contributed by atoms with van der Waals surface area (Å²) in [6.45, 7) is 4.34. The zero-order valence-corrected chi connectivity index (χ0v) is 22.5. The molecule has 1 atom stereocenters. The van der Waals surface area contributed by atoms with Crippen LogP contribution in [0.1, 0.15) is 29.4 Å². The fourth-order valence-electron chi connectivity index (χ4n) is 5.69. The van der Waals surface area contributed by atoms with Crippen molar-refractivity contribution in [2.45, 2.75) is 32.1 Å². The number of nitrogens with zero attached hydrogens (tertiary/aromatic N) is 2. The van der Waals surface area contributed by atoms with Gasteiger partial charge in [-0.05, 0) is 62.2 Å². The number of fused-ring (bicyclic) bond motifs is 5. The molecule has 4 heterocycles. The number of hydrogen-bond donors (Lipinski definition) is 2. The molecular weight excluding hydrogens is 503 g/mol. The van der Waals surface area contributed by atoms with Crippen molar-refractivity contribution in [3.05, 3.63) is 53.2 Å². The Hall–Kier alpha value is -3.27. The van der Waals surface area contributed by atoms with Crippen LogP contribution in [0, 0.1) is 11.7 Å². The Balaban J connectivity index is 1.33. The zero-order chi connectivity index (χ0) is 26.4. The van der Waals surface area contributed by atoms with Gasteiger partial charge in [0.1, 0.15) is 10.7 Å². The summed E-state index contributed by atoms with van der Waals surface area (Å²) in [5.74, 6) is -0.0116. The molecule has 2 aromatic carbocycles. The molecule has 0 aliphatic carbocycles. The van der Waals surface area contributed by atoms with Crippen molar-refractivity contribution in [3.8, 4) is 11.3 Å². The van der Waals surface area contributed by atoms with Crippen molar-refractivity contribution < 1.29 is 18.7 Å². The Morgan fingerprint density at radius 1 is 1.11 bits per heavy atom.